The predicted molar refractivity (Wildman–Crippen MR) is 138 cm³/mol. The van der Waals surface area contributed by atoms with E-state index < -0.39 is 116 Å². The van der Waals surface area contributed by atoms with Gasteiger partial charge in [-0.15, -0.1) is 0 Å². The Morgan fingerprint density at radius 2 is 1.00 bits per heavy atom. The number of amides is 1. The summed E-state index contributed by atoms with van der Waals surface area (Å²) in [6.07, 6.45) is -14.2. The molecule has 2 fully saturated rings. The van der Waals surface area contributed by atoms with Crippen LogP contribution in [-0.2, 0) is 76.2 Å². The minimum atomic E-state index is -1.79. The van der Waals surface area contributed by atoms with Crippen molar-refractivity contribution in [2.24, 2.45) is 0 Å². The molecule has 0 saturated carbocycles. The molecule has 2 saturated heterocycles. The first-order chi connectivity index (χ1) is 20.5. The lowest BCUT2D eigenvalue weighted by Gasteiger charge is -2.48. The zero-order valence-electron chi connectivity index (χ0n) is 25.2. The second kappa shape index (κ2) is 16.3. The Balaban J connectivity index is 2.66. The lowest BCUT2D eigenvalue weighted by atomic mass is 9.95. The first kappa shape index (κ1) is 36.3. The van der Waals surface area contributed by atoms with E-state index in [1.165, 1.54) is 0 Å². The Hall–Kier alpha value is -3.87. The Morgan fingerprint density at radius 1 is 0.568 bits per heavy atom. The second-order valence-electron chi connectivity index (χ2n) is 9.84. The van der Waals surface area contributed by atoms with Gasteiger partial charge in [-0.25, -0.2) is 0 Å². The van der Waals surface area contributed by atoms with Gasteiger partial charge in [-0.1, -0.05) is 0 Å². The number of esters is 6. The standard InChI is InChI=1S/C26H37NO17/c1-10(28)27-19-22(39-14(5)32)20(17(42-25(19)35)8-36-11(2)29)44-26-24(41-16(7)34)23(40-15(6)33)21(38-13(4)31)18(43-26)9-37-12(3)30/h17-26,35H,8-9H2,1-7H3,(H,27,28)/t17-,18-,19-,20-,21+,22-,23+,24-,25-,26+/m1/s1. The van der Waals surface area contributed by atoms with Gasteiger partial charge in [0.2, 0.25) is 5.91 Å². The maximum absolute atomic E-state index is 12.2. The number of aliphatic hydroxyl groups is 1. The van der Waals surface area contributed by atoms with E-state index in [0.717, 1.165) is 48.5 Å². The maximum Gasteiger partial charge on any atom is 0.303 e. The lowest BCUT2D eigenvalue weighted by Crippen LogP contribution is -2.68. The van der Waals surface area contributed by atoms with Gasteiger partial charge in [0.05, 0.1) is 0 Å². The highest BCUT2D eigenvalue weighted by Crippen LogP contribution is 2.34. The molecule has 18 heteroatoms. The van der Waals surface area contributed by atoms with Crippen molar-refractivity contribution in [2.45, 2.75) is 110 Å². The van der Waals surface area contributed by atoms with Gasteiger partial charge in [0.25, 0.3) is 0 Å². The molecule has 2 N–H and O–H groups in total. The average Bonchev–Trinajstić information content (AvgIpc) is 2.87. The third-order valence-electron chi connectivity index (χ3n) is 6.03. The predicted octanol–water partition coefficient (Wildman–Crippen LogP) is -1.83. The molecule has 2 heterocycles. The molecule has 10 atom stereocenters. The average molecular weight is 636 g/mol. The van der Waals surface area contributed by atoms with Crippen LogP contribution in [0.15, 0.2) is 0 Å². The number of hydrogen-bond acceptors (Lipinski definition) is 17. The van der Waals surface area contributed by atoms with E-state index >= 15 is 0 Å². The van der Waals surface area contributed by atoms with Crippen LogP contribution in [0.25, 0.3) is 0 Å². The van der Waals surface area contributed by atoms with E-state index in [9.17, 15) is 38.7 Å². The summed E-state index contributed by atoms with van der Waals surface area (Å²) in [7, 11) is 0. The highest BCUT2D eigenvalue weighted by Gasteiger charge is 2.56. The van der Waals surface area contributed by atoms with Crippen LogP contribution >= 0.6 is 0 Å². The Morgan fingerprint density at radius 3 is 1.45 bits per heavy atom. The number of rotatable bonds is 11. The van der Waals surface area contributed by atoms with Crippen LogP contribution in [0, 0.1) is 0 Å². The van der Waals surface area contributed by atoms with Crippen LogP contribution < -0.4 is 5.32 Å². The van der Waals surface area contributed by atoms with Gasteiger partial charge in [-0.2, -0.15) is 0 Å². The van der Waals surface area contributed by atoms with Gasteiger partial charge >= 0.3 is 35.8 Å². The fraction of sp³-hybridized carbons (Fsp3) is 0.731. The summed E-state index contributed by atoms with van der Waals surface area (Å²) in [5.74, 6) is -5.68. The Kier molecular flexibility index (Phi) is 13.4. The van der Waals surface area contributed by atoms with Crippen molar-refractivity contribution in [3.63, 3.8) is 0 Å². The summed E-state index contributed by atoms with van der Waals surface area (Å²) >= 11 is 0. The molecule has 0 radical (unpaired) electrons. The molecule has 0 aromatic heterocycles. The third kappa shape index (κ3) is 10.7. The van der Waals surface area contributed by atoms with E-state index in [1.54, 1.807) is 0 Å². The molecule has 2 aliphatic heterocycles. The van der Waals surface area contributed by atoms with Crippen molar-refractivity contribution in [3.05, 3.63) is 0 Å². The number of aliphatic hydroxyl groups excluding tert-OH is 1. The van der Waals surface area contributed by atoms with E-state index in [1.807, 2.05) is 0 Å². The van der Waals surface area contributed by atoms with Gasteiger partial charge in [0, 0.05) is 48.5 Å². The van der Waals surface area contributed by atoms with Crippen molar-refractivity contribution in [2.75, 3.05) is 13.2 Å². The number of hydrogen-bond donors (Lipinski definition) is 2. The molecular formula is C26H37NO17. The van der Waals surface area contributed by atoms with E-state index in [4.69, 9.17) is 42.6 Å². The van der Waals surface area contributed by atoms with Crippen LogP contribution in [0.4, 0.5) is 0 Å². The first-order valence-electron chi connectivity index (χ1n) is 13.4. The topological polar surface area (TPSA) is 235 Å². The fourth-order valence-corrected chi connectivity index (χ4v) is 4.59. The fourth-order valence-electron chi connectivity index (χ4n) is 4.59. The smallest absolute Gasteiger partial charge is 0.303 e. The molecule has 0 aromatic rings. The van der Waals surface area contributed by atoms with Crippen molar-refractivity contribution in [3.8, 4) is 0 Å². The lowest BCUT2D eigenvalue weighted by molar-refractivity contribution is -0.347. The first-order valence-corrected chi connectivity index (χ1v) is 13.4. The molecule has 44 heavy (non-hydrogen) atoms. The van der Waals surface area contributed by atoms with Gasteiger partial charge in [-0.05, 0) is 0 Å². The Bertz CT molecular complexity index is 1090. The van der Waals surface area contributed by atoms with Gasteiger partial charge in [0.15, 0.2) is 37.0 Å². The van der Waals surface area contributed by atoms with Crippen LogP contribution in [0.1, 0.15) is 48.5 Å². The summed E-state index contributed by atoms with van der Waals surface area (Å²) in [4.78, 5) is 83.6. The number of ether oxygens (including phenoxy) is 9. The molecule has 0 aromatic carbocycles. The highest BCUT2D eigenvalue weighted by atomic mass is 16.8. The van der Waals surface area contributed by atoms with Crippen molar-refractivity contribution >= 4 is 41.7 Å². The molecule has 0 unspecified atom stereocenters. The molecule has 0 bridgehead atoms. The minimum Gasteiger partial charge on any atom is -0.463 e. The largest absolute Gasteiger partial charge is 0.463 e. The maximum atomic E-state index is 12.2. The summed E-state index contributed by atoms with van der Waals surface area (Å²) in [5, 5.41) is 13.1. The molecule has 2 aliphatic rings. The molecule has 1 amide bonds. The molecule has 0 spiro atoms. The van der Waals surface area contributed by atoms with E-state index in [0.29, 0.717) is 0 Å². The Labute approximate surface area is 251 Å². The molecular weight excluding hydrogens is 598 g/mol. The number of carbonyl (C=O) groups excluding carboxylic acids is 7. The minimum absolute atomic E-state index is 0.559. The SMILES string of the molecule is CC(=O)N[C@@H]1[C@@H](OC(C)=O)[C@H](O[C@@H]2O[C@H](COC(C)=O)[C@H](OC(C)=O)[C@H](OC(C)=O)[C@H]2OC(C)=O)[C@@H](COC(C)=O)O[C@H]1O. The van der Waals surface area contributed by atoms with Crippen LogP contribution in [0.3, 0.4) is 0 Å². The summed E-state index contributed by atoms with van der Waals surface area (Å²) in [6, 6.07) is -1.43. The quantitative estimate of drug-likeness (QED) is 0.188. The zero-order chi connectivity index (χ0) is 33.3. The van der Waals surface area contributed by atoms with Gasteiger partial charge in [0.1, 0.15) is 37.6 Å². The third-order valence-corrected chi connectivity index (χ3v) is 6.03. The molecule has 0 aliphatic carbocycles. The molecule has 2 rings (SSSR count). The molecule has 248 valence electrons. The van der Waals surface area contributed by atoms with Crippen LogP contribution in [0.2, 0.25) is 0 Å². The second-order valence-corrected chi connectivity index (χ2v) is 9.84. The summed E-state index contributed by atoms with van der Waals surface area (Å²) in [5.41, 5.74) is 0. The van der Waals surface area contributed by atoms with Gasteiger partial charge in [-0.3, -0.25) is 33.6 Å². The van der Waals surface area contributed by atoms with E-state index in [-0.39, 0.29) is 0 Å². The monoisotopic (exact) mass is 635 g/mol. The van der Waals surface area contributed by atoms with Crippen LogP contribution in [0.5, 0.6) is 0 Å². The van der Waals surface area contributed by atoms with E-state index in [2.05, 4.69) is 5.32 Å². The van der Waals surface area contributed by atoms with Crippen molar-refractivity contribution < 1.29 is 81.3 Å². The summed E-state index contributed by atoms with van der Waals surface area (Å²) in [6.45, 7) is 6.33. The number of nitrogens with one attached hydrogen (secondary N) is 1. The zero-order valence-corrected chi connectivity index (χ0v) is 25.2. The normalized spacial score (nSPS) is 31.5. The summed E-state index contributed by atoms with van der Waals surface area (Å²) < 4.78 is 49.2. The van der Waals surface area contributed by atoms with Crippen molar-refractivity contribution in [1.29, 1.82) is 0 Å². The highest BCUT2D eigenvalue weighted by molar-refractivity contribution is 5.73. The number of carbonyl (C=O) groups is 7. The van der Waals surface area contributed by atoms with Gasteiger partial charge < -0.3 is 53.1 Å². The van der Waals surface area contributed by atoms with Crippen LogP contribution in [-0.4, -0.2) is 121 Å². The van der Waals surface area contributed by atoms with Crippen molar-refractivity contribution in [1.82, 2.24) is 5.32 Å². The molecule has 18 nitrogen and oxygen atoms in total.